The smallest absolute Gasteiger partial charge is 0.0492 e. The highest BCUT2D eigenvalue weighted by Crippen LogP contribution is 2.25. The van der Waals surface area contributed by atoms with E-state index < -0.39 is 0 Å². The zero-order valence-corrected chi connectivity index (χ0v) is 25.9. The molecule has 1 heterocycles. The predicted octanol–water partition coefficient (Wildman–Crippen LogP) is 12.0. The summed E-state index contributed by atoms with van der Waals surface area (Å²) in [5.74, 6) is 5.05. The third-order valence-electron chi connectivity index (χ3n) is 8.48. The molecule has 1 nitrogen and oxygen atoms in total. The Kier molecular flexibility index (Phi) is 25.6. The van der Waals surface area contributed by atoms with Gasteiger partial charge >= 0.3 is 0 Å². The fraction of sp³-hybridized carbons (Fsp3) is 1.00. The van der Waals surface area contributed by atoms with E-state index in [4.69, 9.17) is 4.74 Å². The third-order valence-corrected chi connectivity index (χ3v) is 8.48. The van der Waals surface area contributed by atoms with Gasteiger partial charge in [-0.05, 0) is 36.0 Å². The lowest BCUT2D eigenvalue weighted by Crippen LogP contribution is -2.04. The molecule has 1 heteroatoms. The Hall–Kier alpha value is -0.0400. The molecular weight excluding hydrogens is 424 g/mol. The van der Waals surface area contributed by atoms with E-state index in [1.54, 1.807) is 0 Å². The van der Waals surface area contributed by atoms with Crippen LogP contribution in [0.4, 0.5) is 0 Å². The molecule has 35 heavy (non-hydrogen) atoms. The summed E-state index contributed by atoms with van der Waals surface area (Å²) in [6.07, 6.45) is 29.6. The van der Waals surface area contributed by atoms with Crippen molar-refractivity contribution in [3.05, 3.63) is 0 Å². The van der Waals surface area contributed by atoms with Crippen LogP contribution in [0.2, 0.25) is 0 Å². The molecule has 0 amide bonds. The van der Waals surface area contributed by atoms with Crippen molar-refractivity contribution in [3.8, 4) is 0 Å². The van der Waals surface area contributed by atoms with E-state index in [1.165, 1.54) is 128 Å². The molecule has 0 aromatic rings. The SMILES string of the molecule is C1CCCC1.CC.CC1CCC1.CC1CCC1.CC1CCCC1.CC1CCCC1.C[C@H]1CCOC1. The topological polar surface area (TPSA) is 9.23 Å². The van der Waals surface area contributed by atoms with Crippen LogP contribution in [0.1, 0.15) is 177 Å². The first kappa shape index (κ1) is 35.0. The highest BCUT2D eigenvalue weighted by atomic mass is 16.5. The number of hydrogen-bond acceptors (Lipinski definition) is 1. The van der Waals surface area contributed by atoms with Crippen LogP contribution in [-0.2, 0) is 4.74 Å². The first-order valence-electron chi connectivity index (χ1n) is 16.5. The Morgan fingerprint density at radius 3 is 0.714 bits per heavy atom. The lowest BCUT2D eigenvalue weighted by Gasteiger charge is -2.18. The number of hydrogen-bond donors (Lipinski definition) is 0. The average Bonchev–Trinajstić information content (AvgIpc) is 3.64. The third kappa shape index (κ3) is 24.1. The van der Waals surface area contributed by atoms with E-state index in [-0.39, 0.29) is 0 Å². The van der Waals surface area contributed by atoms with Gasteiger partial charge in [0.25, 0.3) is 0 Å². The van der Waals surface area contributed by atoms with Crippen molar-refractivity contribution < 1.29 is 4.74 Å². The molecular formula is C34H70O. The molecule has 5 saturated carbocycles. The Bertz CT molecular complexity index is 322. The lowest BCUT2D eigenvalue weighted by molar-refractivity contribution is 0.188. The van der Waals surface area contributed by atoms with E-state index in [0.29, 0.717) is 0 Å². The van der Waals surface area contributed by atoms with Crippen molar-refractivity contribution in [2.24, 2.45) is 29.6 Å². The fourth-order valence-electron chi connectivity index (χ4n) is 5.02. The van der Waals surface area contributed by atoms with Crippen LogP contribution in [-0.4, -0.2) is 13.2 Å². The van der Waals surface area contributed by atoms with Crippen molar-refractivity contribution in [1.82, 2.24) is 0 Å². The highest BCUT2D eigenvalue weighted by Gasteiger charge is 2.10. The molecule has 0 radical (unpaired) electrons. The van der Waals surface area contributed by atoms with Crippen LogP contribution in [0.5, 0.6) is 0 Å². The second-order valence-electron chi connectivity index (χ2n) is 12.6. The van der Waals surface area contributed by atoms with Gasteiger partial charge in [-0.25, -0.2) is 0 Å². The van der Waals surface area contributed by atoms with E-state index >= 15 is 0 Å². The zero-order chi connectivity index (χ0) is 26.2. The van der Waals surface area contributed by atoms with Gasteiger partial charge in [-0.2, -0.15) is 0 Å². The molecule has 6 fully saturated rings. The molecule has 1 aliphatic heterocycles. The minimum Gasteiger partial charge on any atom is -0.381 e. The summed E-state index contributed by atoms with van der Waals surface area (Å²) in [4.78, 5) is 0. The minimum absolute atomic E-state index is 0.824. The van der Waals surface area contributed by atoms with Crippen LogP contribution in [0, 0.1) is 29.6 Å². The standard InChI is InChI=1S/2C6H12.C5H10O.3C5H10.C2H6/c2*1-6-4-2-3-5-6;1-5-2-3-6-4-5;2*1-5-3-2-4-5;1-2-4-5-3-1;1-2/h2*6H,2-5H2,1H3;5H,2-4H2,1H3;2*5H,2-4H2,1H3;1-5H2;1-2H3/t;;5-;;;;/m..0..../s1. The molecule has 212 valence electrons. The second-order valence-corrected chi connectivity index (χ2v) is 12.6. The summed E-state index contributed by atoms with van der Waals surface area (Å²) < 4.78 is 5.06. The molecule has 0 aromatic carbocycles. The average molecular weight is 495 g/mol. The molecule has 0 aromatic heterocycles. The largest absolute Gasteiger partial charge is 0.381 e. The molecule has 6 rings (SSSR count). The van der Waals surface area contributed by atoms with Crippen molar-refractivity contribution in [2.75, 3.05) is 13.2 Å². The van der Waals surface area contributed by atoms with Crippen LogP contribution < -0.4 is 0 Å². The van der Waals surface area contributed by atoms with E-state index in [9.17, 15) is 0 Å². The second kappa shape index (κ2) is 25.6. The fourth-order valence-corrected chi connectivity index (χ4v) is 5.02. The normalized spacial score (nSPS) is 25.6. The van der Waals surface area contributed by atoms with Gasteiger partial charge in [-0.3, -0.25) is 0 Å². The summed E-state index contributed by atoms with van der Waals surface area (Å²) >= 11 is 0. The van der Waals surface area contributed by atoms with E-state index in [0.717, 1.165) is 42.8 Å². The van der Waals surface area contributed by atoms with E-state index in [1.807, 2.05) is 13.8 Å². The van der Waals surface area contributed by atoms with Crippen LogP contribution in [0.25, 0.3) is 0 Å². The molecule has 6 aliphatic rings. The molecule has 0 spiro atoms. The van der Waals surface area contributed by atoms with Crippen molar-refractivity contribution in [1.29, 1.82) is 0 Å². The van der Waals surface area contributed by atoms with Gasteiger partial charge in [0, 0.05) is 13.2 Å². The van der Waals surface area contributed by atoms with Gasteiger partial charge < -0.3 is 4.74 Å². The van der Waals surface area contributed by atoms with Crippen LogP contribution >= 0.6 is 0 Å². The number of rotatable bonds is 0. The maximum absolute atomic E-state index is 5.06. The summed E-state index contributed by atoms with van der Waals surface area (Å²) in [7, 11) is 0. The lowest BCUT2D eigenvalue weighted by atomic mass is 9.88. The molecule has 0 N–H and O–H groups in total. The van der Waals surface area contributed by atoms with Gasteiger partial charge in [-0.15, -0.1) is 0 Å². The van der Waals surface area contributed by atoms with Gasteiger partial charge in [-0.1, -0.05) is 170 Å². The quantitative estimate of drug-likeness (QED) is 0.325. The summed E-state index contributed by atoms with van der Waals surface area (Å²) in [6, 6.07) is 0. The number of ether oxygens (including phenoxy) is 1. The molecule has 1 atom stereocenters. The van der Waals surface area contributed by atoms with Gasteiger partial charge in [0.2, 0.25) is 0 Å². The van der Waals surface area contributed by atoms with Crippen LogP contribution in [0.15, 0.2) is 0 Å². The Morgan fingerprint density at radius 1 is 0.343 bits per heavy atom. The summed E-state index contributed by atoms with van der Waals surface area (Å²) in [5, 5.41) is 0. The van der Waals surface area contributed by atoms with Gasteiger partial charge in [0.15, 0.2) is 0 Å². The van der Waals surface area contributed by atoms with Gasteiger partial charge in [0.1, 0.15) is 0 Å². The highest BCUT2D eigenvalue weighted by molar-refractivity contribution is 4.63. The molecule has 0 bridgehead atoms. The Labute approximate surface area is 224 Å². The molecule has 5 aliphatic carbocycles. The van der Waals surface area contributed by atoms with Crippen molar-refractivity contribution in [3.63, 3.8) is 0 Å². The van der Waals surface area contributed by atoms with E-state index in [2.05, 4.69) is 34.6 Å². The Morgan fingerprint density at radius 2 is 0.629 bits per heavy atom. The van der Waals surface area contributed by atoms with Crippen LogP contribution in [0.3, 0.4) is 0 Å². The first-order chi connectivity index (χ1) is 17.0. The minimum atomic E-state index is 0.824. The zero-order valence-electron chi connectivity index (χ0n) is 25.9. The Balaban J connectivity index is 0.000000391. The summed E-state index contributed by atoms with van der Waals surface area (Å²) in [5.41, 5.74) is 0. The van der Waals surface area contributed by atoms with Crippen molar-refractivity contribution >= 4 is 0 Å². The monoisotopic (exact) mass is 495 g/mol. The first-order valence-corrected chi connectivity index (χ1v) is 16.5. The van der Waals surface area contributed by atoms with Gasteiger partial charge in [0.05, 0.1) is 0 Å². The summed E-state index contributed by atoms with van der Waals surface area (Å²) in [6.45, 7) is 17.5. The predicted molar refractivity (Wildman–Crippen MR) is 160 cm³/mol. The maximum Gasteiger partial charge on any atom is 0.0492 e. The molecule has 0 unspecified atom stereocenters. The van der Waals surface area contributed by atoms with Crippen molar-refractivity contribution in [2.45, 2.75) is 177 Å². The maximum atomic E-state index is 5.06. The molecule has 1 saturated heterocycles.